The Morgan fingerprint density at radius 2 is 1.95 bits per heavy atom. The fourth-order valence-electron chi connectivity index (χ4n) is 4.06. The summed E-state index contributed by atoms with van der Waals surface area (Å²) in [5.41, 5.74) is 8.58. The minimum Gasteiger partial charge on any atom is -0.365 e. The van der Waals surface area contributed by atoms with E-state index in [1.165, 1.54) is 47.8 Å². The molecule has 0 aliphatic carbocycles. The number of hydrogen-bond donors (Lipinski definition) is 1. The molecule has 0 saturated carbocycles. The van der Waals surface area contributed by atoms with Crippen LogP contribution in [-0.2, 0) is 0 Å². The normalized spacial score (nSPS) is 29.8. The first kappa shape index (κ1) is 13.4. The van der Waals surface area contributed by atoms with Crippen molar-refractivity contribution in [3.63, 3.8) is 0 Å². The van der Waals surface area contributed by atoms with Crippen molar-refractivity contribution in [1.29, 1.82) is 0 Å². The van der Waals surface area contributed by atoms with Gasteiger partial charge in [-0.15, -0.1) is 0 Å². The molecule has 2 fully saturated rings. The van der Waals surface area contributed by atoms with Gasteiger partial charge in [0.05, 0.1) is 0 Å². The topological polar surface area (TPSA) is 29.3 Å². The quantitative estimate of drug-likeness (QED) is 0.915. The fraction of sp³-hybridized carbons (Fsp3) is 0.625. The number of fused-ring (bicyclic) bond motifs is 2. The minimum absolute atomic E-state index is 0.746. The second kappa shape index (κ2) is 5.45. The summed E-state index contributed by atoms with van der Waals surface area (Å²) in [6.45, 7) is 3.08. The summed E-state index contributed by atoms with van der Waals surface area (Å²) < 4.78 is 1.18. The van der Waals surface area contributed by atoms with E-state index >= 15 is 0 Å². The predicted molar refractivity (Wildman–Crippen MR) is 84.6 cm³/mol. The Balaban J connectivity index is 1.83. The Bertz CT molecular complexity index is 446. The Hall–Kier alpha value is -0.540. The zero-order chi connectivity index (χ0) is 13.4. The molecule has 3 rings (SSSR count). The van der Waals surface area contributed by atoms with Crippen LogP contribution in [0.5, 0.6) is 0 Å². The second-order valence-electron chi connectivity index (χ2n) is 6.14. The third-order valence-electron chi connectivity index (χ3n) is 4.84. The maximum atomic E-state index is 5.74. The summed E-state index contributed by atoms with van der Waals surface area (Å²) >= 11 is 3.56. The highest BCUT2D eigenvalue weighted by Gasteiger charge is 2.40. The van der Waals surface area contributed by atoms with Gasteiger partial charge in [0.15, 0.2) is 0 Å². The molecular weight excluding hydrogens is 300 g/mol. The standard InChI is InChI=1S/C16H23BrN2/c1-11-8-13(17)2-5-16(11)19-14-3-4-15(19)10-12(9-14)6-7-18/h2,5,8,12,14-15H,3-4,6-7,9-10,18H2,1H3. The van der Waals surface area contributed by atoms with Crippen molar-refractivity contribution in [2.75, 3.05) is 11.4 Å². The minimum atomic E-state index is 0.746. The molecule has 3 heteroatoms. The molecule has 2 unspecified atom stereocenters. The Morgan fingerprint density at radius 3 is 2.53 bits per heavy atom. The number of nitrogens with zero attached hydrogens (tertiary/aromatic N) is 1. The smallest absolute Gasteiger partial charge is 0.0401 e. The first-order valence-corrected chi connectivity index (χ1v) is 8.23. The maximum absolute atomic E-state index is 5.74. The van der Waals surface area contributed by atoms with Crippen LogP contribution < -0.4 is 10.6 Å². The van der Waals surface area contributed by atoms with Gasteiger partial charge in [-0.05, 0) is 75.3 Å². The number of halogens is 1. The molecule has 1 aromatic rings. The SMILES string of the molecule is Cc1cc(Br)ccc1N1C2CCC1CC(CCN)C2. The van der Waals surface area contributed by atoms with Gasteiger partial charge < -0.3 is 10.6 Å². The molecule has 2 nitrogen and oxygen atoms in total. The van der Waals surface area contributed by atoms with Crippen molar-refractivity contribution >= 4 is 21.6 Å². The molecule has 2 aliphatic rings. The van der Waals surface area contributed by atoms with Gasteiger partial charge in [0.2, 0.25) is 0 Å². The van der Waals surface area contributed by atoms with Gasteiger partial charge in [0.1, 0.15) is 0 Å². The first-order chi connectivity index (χ1) is 9.19. The predicted octanol–water partition coefficient (Wildman–Crippen LogP) is 3.85. The number of anilines is 1. The molecule has 2 bridgehead atoms. The van der Waals surface area contributed by atoms with Gasteiger partial charge in [-0.3, -0.25) is 0 Å². The van der Waals surface area contributed by atoms with Crippen LogP contribution in [0, 0.1) is 12.8 Å². The zero-order valence-electron chi connectivity index (χ0n) is 11.6. The first-order valence-electron chi connectivity index (χ1n) is 7.43. The molecule has 2 aliphatic heterocycles. The molecule has 2 saturated heterocycles. The molecule has 0 radical (unpaired) electrons. The Morgan fingerprint density at radius 1 is 1.26 bits per heavy atom. The highest BCUT2D eigenvalue weighted by atomic mass is 79.9. The summed E-state index contributed by atoms with van der Waals surface area (Å²) in [7, 11) is 0. The molecule has 0 spiro atoms. The Labute approximate surface area is 124 Å². The lowest BCUT2D eigenvalue weighted by Crippen LogP contribution is -2.43. The van der Waals surface area contributed by atoms with Gasteiger partial charge in [-0.2, -0.15) is 0 Å². The molecular formula is C16H23BrN2. The molecule has 0 aromatic heterocycles. The number of hydrogen-bond acceptors (Lipinski definition) is 2. The van der Waals surface area contributed by atoms with Gasteiger partial charge >= 0.3 is 0 Å². The van der Waals surface area contributed by atoms with E-state index in [4.69, 9.17) is 5.73 Å². The molecule has 2 N–H and O–H groups in total. The highest BCUT2D eigenvalue weighted by Crippen LogP contribution is 2.43. The molecule has 0 amide bonds. The second-order valence-corrected chi connectivity index (χ2v) is 7.05. The number of rotatable bonds is 3. The van der Waals surface area contributed by atoms with Crippen LogP contribution in [0.3, 0.4) is 0 Å². The molecule has 2 heterocycles. The van der Waals surface area contributed by atoms with E-state index in [1.807, 2.05) is 0 Å². The number of nitrogens with two attached hydrogens (primary N) is 1. The van der Waals surface area contributed by atoms with Crippen LogP contribution in [0.25, 0.3) is 0 Å². The van der Waals surface area contributed by atoms with Gasteiger partial charge in [-0.25, -0.2) is 0 Å². The average molecular weight is 323 g/mol. The number of aryl methyl sites for hydroxylation is 1. The van der Waals surface area contributed by atoms with E-state index in [0.717, 1.165) is 24.5 Å². The van der Waals surface area contributed by atoms with E-state index in [1.54, 1.807) is 0 Å². The van der Waals surface area contributed by atoms with Crippen molar-refractivity contribution in [2.45, 2.75) is 51.1 Å². The van der Waals surface area contributed by atoms with E-state index in [2.05, 4.69) is 46.0 Å². The van der Waals surface area contributed by atoms with Gasteiger partial charge in [-0.1, -0.05) is 15.9 Å². The lowest BCUT2D eigenvalue weighted by molar-refractivity contribution is 0.326. The van der Waals surface area contributed by atoms with Crippen molar-refractivity contribution in [1.82, 2.24) is 0 Å². The van der Waals surface area contributed by atoms with E-state index in [9.17, 15) is 0 Å². The van der Waals surface area contributed by atoms with Gasteiger partial charge in [0, 0.05) is 22.2 Å². The van der Waals surface area contributed by atoms with Crippen molar-refractivity contribution in [2.24, 2.45) is 11.7 Å². The van der Waals surface area contributed by atoms with Crippen LogP contribution in [0.1, 0.15) is 37.7 Å². The van der Waals surface area contributed by atoms with Crippen LogP contribution in [0.15, 0.2) is 22.7 Å². The third kappa shape index (κ3) is 2.55. The number of piperidine rings is 1. The summed E-state index contributed by atoms with van der Waals surface area (Å²) in [4.78, 5) is 2.70. The van der Waals surface area contributed by atoms with Gasteiger partial charge in [0.25, 0.3) is 0 Å². The van der Waals surface area contributed by atoms with Crippen molar-refractivity contribution in [3.8, 4) is 0 Å². The number of benzene rings is 1. The zero-order valence-corrected chi connectivity index (χ0v) is 13.2. The third-order valence-corrected chi connectivity index (χ3v) is 5.34. The van der Waals surface area contributed by atoms with Crippen LogP contribution in [0.2, 0.25) is 0 Å². The lowest BCUT2D eigenvalue weighted by atomic mass is 9.87. The van der Waals surface area contributed by atoms with E-state index < -0.39 is 0 Å². The summed E-state index contributed by atoms with van der Waals surface area (Å²) in [6, 6.07) is 8.19. The molecule has 104 valence electrons. The van der Waals surface area contributed by atoms with Crippen LogP contribution in [0.4, 0.5) is 5.69 Å². The van der Waals surface area contributed by atoms with E-state index in [0.29, 0.717) is 0 Å². The summed E-state index contributed by atoms with van der Waals surface area (Å²) in [6.07, 6.45) is 6.61. The Kier molecular flexibility index (Phi) is 3.86. The molecule has 19 heavy (non-hydrogen) atoms. The van der Waals surface area contributed by atoms with Crippen LogP contribution >= 0.6 is 15.9 Å². The monoisotopic (exact) mass is 322 g/mol. The average Bonchev–Trinajstić information content (AvgIpc) is 2.63. The molecule has 1 aromatic carbocycles. The molecule has 2 atom stereocenters. The summed E-state index contributed by atoms with van der Waals surface area (Å²) in [5.74, 6) is 0.856. The van der Waals surface area contributed by atoms with Crippen molar-refractivity contribution < 1.29 is 0 Å². The largest absolute Gasteiger partial charge is 0.365 e. The highest BCUT2D eigenvalue weighted by molar-refractivity contribution is 9.10. The fourth-order valence-corrected chi connectivity index (χ4v) is 4.54. The van der Waals surface area contributed by atoms with Crippen LogP contribution in [-0.4, -0.2) is 18.6 Å². The van der Waals surface area contributed by atoms with E-state index in [-0.39, 0.29) is 0 Å². The maximum Gasteiger partial charge on any atom is 0.0401 e. The lowest BCUT2D eigenvalue weighted by Gasteiger charge is -2.41. The van der Waals surface area contributed by atoms with Crippen molar-refractivity contribution in [3.05, 3.63) is 28.2 Å². The summed E-state index contributed by atoms with van der Waals surface area (Å²) in [5, 5.41) is 0.